The first-order valence-electron chi connectivity index (χ1n) is 9.64. The number of aryl methyl sites for hydroxylation is 2. The van der Waals surface area contributed by atoms with Gasteiger partial charge in [0.2, 0.25) is 0 Å². The van der Waals surface area contributed by atoms with Crippen LogP contribution in [0.3, 0.4) is 0 Å². The molecule has 152 valence electrons. The summed E-state index contributed by atoms with van der Waals surface area (Å²) in [4.78, 5) is 33.6. The van der Waals surface area contributed by atoms with Crippen LogP contribution in [-0.4, -0.2) is 45.9 Å². The summed E-state index contributed by atoms with van der Waals surface area (Å²) in [5.41, 5.74) is 3.05. The van der Waals surface area contributed by atoms with Crippen LogP contribution in [0.2, 0.25) is 0 Å². The van der Waals surface area contributed by atoms with Gasteiger partial charge < -0.3 is 15.0 Å². The maximum Gasteiger partial charge on any atom is 0.254 e. The van der Waals surface area contributed by atoms with Crippen molar-refractivity contribution in [3.8, 4) is 0 Å². The van der Waals surface area contributed by atoms with Gasteiger partial charge in [-0.2, -0.15) is 0 Å². The molecule has 1 N–H and O–H groups in total. The van der Waals surface area contributed by atoms with Crippen LogP contribution in [0.15, 0.2) is 30.5 Å². The predicted octanol–water partition coefficient (Wildman–Crippen LogP) is 3.40. The van der Waals surface area contributed by atoms with E-state index in [1.807, 2.05) is 13.8 Å². The Kier molecular flexibility index (Phi) is 5.38. The fraction of sp³-hybridized carbons (Fsp3) is 0.381. The number of benzene rings is 1. The summed E-state index contributed by atoms with van der Waals surface area (Å²) in [5.74, 6) is -0.273. The molecule has 0 bridgehead atoms. The highest BCUT2D eigenvalue weighted by Gasteiger charge is 2.24. The third-order valence-corrected chi connectivity index (χ3v) is 5.97. The lowest BCUT2D eigenvalue weighted by molar-refractivity contribution is -0.124. The Balaban J connectivity index is 1.48. The Hall–Kier alpha value is -2.71. The molecule has 1 unspecified atom stereocenters. The summed E-state index contributed by atoms with van der Waals surface area (Å²) in [6.45, 7) is 5.08. The Labute approximate surface area is 173 Å². The van der Waals surface area contributed by atoms with Gasteiger partial charge in [-0.3, -0.25) is 14.0 Å². The Morgan fingerprint density at radius 2 is 2.21 bits per heavy atom. The summed E-state index contributed by atoms with van der Waals surface area (Å²) >= 11 is 1.63. The van der Waals surface area contributed by atoms with Crippen molar-refractivity contribution >= 4 is 33.8 Å². The number of fused-ring (bicyclic) bond motifs is 1. The second-order valence-electron chi connectivity index (χ2n) is 7.37. The van der Waals surface area contributed by atoms with E-state index in [2.05, 4.69) is 20.9 Å². The van der Waals surface area contributed by atoms with E-state index in [1.54, 1.807) is 47.5 Å². The normalized spacial score (nSPS) is 16.3. The molecule has 1 fully saturated rings. The molecule has 0 radical (unpaired) electrons. The Morgan fingerprint density at radius 3 is 2.97 bits per heavy atom. The molecule has 2 amide bonds. The van der Waals surface area contributed by atoms with Crippen molar-refractivity contribution in [2.24, 2.45) is 0 Å². The molecular formula is C21H24N4O3S. The molecular weight excluding hydrogens is 388 g/mol. The maximum absolute atomic E-state index is 13.0. The summed E-state index contributed by atoms with van der Waals surface area (Å²) in [6.07, 6.45) is 3.27. The van der Waals surface area contributed by atoms with Crippen molar-refractivity contribution in [2.75, 3.05) is 19.0 Å². The number of carbonyl (C=O) groups is 2. The smallest absolute Gasteiger partial charge is 0.254 e. The van der Waals surface area contributed by atoms with E-state index >= 15 is 0 Å². The predicted molar refractivity (Wildman–Crippen MR) is 112 cm³/mol. The van der Waals surface area contributed by atoms with Crippen molar-refractivity contribution in [1.29, 1.82) is 0 Å². The van der Waals surface area contributed by atoms with Crippen molar-refractivity contribution < 1.29 is 14.3 Å². The van der Waals surface area contributed by atoms with Crippen LogP contribution in [-0.2, 0) is 16.1 Å². The number of aromatic nitrogens is 2. The molecule has 1 aliphatic rings. The van der Waals surface area contributed by atoms with Gasteiger partial charge in [0.1, 0.15) is 6.10 Å². The van der Waals surface area contributed by atoms with E-state index < -0.39 is 6.10 Å². The fourth-order valence-corrected chi connectivity index (χ4v) is 4.44. The second-order valence-corrected chi connectivity index (χ2v) is 8.58. The summed E-state index contributed by atoms with van der Waals surface area (Å²) < 4.78 is 7.47. The molecule has 3 aromatic rings. The van der Waals surface area contributed by atoms with E-state index in [-0.39, 0.29) is 11.8 Å². The molecule has 29 heavy (non-hydrogen) atoms. The van der Waals surface area contributed by atoms with Gasteiger partial charge in [-0.1, -0.05) is 6.07 Å². The molecule has 1 atom stereocenters. The van der Waals surface area contributed by atoms with Crippen molar-refractivity contribution in [3.63, 3.8) is 0 Å². The molecule has 1 aliphatic heterocycles. The molecule has 1 saturated heterocycles. The monoisotopic (exact) mass is 412 g/mol. The van der Waals surface area contributed by atoms with E-state index in [4.69, 9.17) is 4.74 Å². The number of amides is 2. The minimum absolute atomic E-state index is 0.112. The number of rotatable bonds is 5. The van der Waals surface area contributed by atoms with Gasteiger partial charge in [-0.15, -0.1) is 11.3 Å². The molecule has 7 nitrogen and oxygen atoms in total. The first-order chi connectivity index (χ1) is 13.9. The van der Waals surface area contributed by atoms with Crippen LogP contribution in [0.5, 0.6) is 0 Å². The van der Waals surface area contributed by atoms with Gasteiger partial charge in [0.15, 0.2) is 4.96 Å². The number of carbonyl (C=O) groups excluding carboxylic acids is 2. The third kappa shape index (κ3) is 4.04. The number of imidazole rings is 1. The topological polar surface area (TPSA) is 75.9 Å². The molecule has 0 saturated carbocycles. The molecule has 8 heteroatoms. The van der Waals surface area contributed by atoms with Crippen LogP contribution < -0.4 is 5.32 Å². The van der Waals surface area contributed by atoms with Crippen molar-refractivity contribution in [3.05, 3.63) is 52.3 Å². The molecule has 4 rings (SSSR count). The van der Waals surface area contributed by atoms with Crippen LogP contribution in [0.25, 0.3) is 4.96 Å². The lowest BCUT2D eigenvalue weighted by atomic mass is 10.1. The minimum Gasteiger partial charge on any atom is -0.368 e. The largest absolute Gasteiger partial charge is 0.368 e. The number of hydrogen-bond donors (Lipinski definition) is 1. The van der Waals surface area contributed by atoms with E-state index in [0.29, 0.717) is 24.4 Å². The SMILES string of the molecule is Cc1cn2c(CN(C)C(=O)c3cccc(NC(=O)C4CCCO4)c3)c(C)nc2s1. The van der Waals surface area contributed by atoms with Gasteiger partial charge in [0.05, 0.1) is 17.9 Å². The zero-order valence-corrected chi connectivity index (χ0v) is 17.6. The zero-order chi connectivity index (χ0) is 20.5. The molecule has 1 aromatic carbocycles. The van der Waals surface area contributed by atoms with Gasteiger partial charge >= 0.3 is 0 Å². The van der Waals surface area contributed by atoms with Crippen LogP contribution in [0.1, 0.15) is 39.5 Å². The van der Waals surface area contributed by atoms with Gasteiger partial charge in [-0.25, -0.2) is 4.98 Å². The number of hydrogen-bond acceptors (Lipinski definition) is 5. The van der Waals surface area contributed by atoms with Crippen molar-refractivity contribution in [2.45, 2.75) is 39.3 Å². The zero-order valence-electron chi connectivity index (χ0n) is 16.8. The third-order valence-electron chi connectivity index (χ3n) is 5.07. The first-order valence-corrected chi connectivity index (χ1v) is 10.5. The summed E-state index contributed by atoms with van der Waals surface area (Å²) in [6, 6.07) is 7.02. The van der Waals surface area contributed by atoms with E-state index in [1.165, 1.54) is 4.88 Å². The number of thiazole rings is 1. The van der Waals surface area contributed by atoms with E-state index in [0.717, 1.165) is 29.2 Å². The molecule has 0 spiro atoms. The second kappa shape index (κ2) is 7.96. The highest BCUT2D eigenvalue weighted by molar-refractivity contribution is 7.17. The number of nitrogens with zero attached hydrogens (tertiary/aromatic N) is 3. The summed E-state index contributed by atoms with van der Waals surface area (Å²) in [7, 11) is 1.78. The van der Waals surface area contributed by atoms with E-state index in [9.17, 15) is 9.59 Å². The lowest BCUT2D eigenvalue weighted by Gasteiger charge is -2.18. The summed E-state index contributed by atoms with van der Waals surface area (Å²) in [5, 5.41) is 2.85. The molecule has 2 aromatic heterocycles. The lowest BCUT2D eigenvalue weighted by Crippen LogP contribution is -2.28. The Bertz CT molecular complexity index is 1070. The molecule has 0 aliphatic carbocycles. The van der Waals surface area contributed by atoms with Crippen LogP contribution >= 0.6 is 11.3 Å². The number of anilines is 1. The average molecular weight is 413 g/mol. The standard InChI is InChI=1S/C21H24N4O3S/c1-13-11-25-17(14(2)22-21(25)29-13)12-24(3)20(27)15-6-4-7-16(10-15)23-19(26)18-8-5-9-28-18/h4,6-7,10-11,18H,5,8-9,12H2,1-3H3,(H,23,26). The highest BCUT2D eigenvalue weighted by Crippen LogP contribution is 2.22. The van der Waals surface area contributed by atoms with Crippen molar-refractivity contribution in [1.82, 2.24) is 14.3 Å². The number of ether oxygens (including phenoxy) is 1. The Morgan fingerprint density at radius 1 is 1.38 bits per heavy atom. The van der Waals surface area contributed by atoms with Gasteiger partial charge in [-0.05, 0) is 44.9 Å². The first kappa shape index (κ1) is 19.6. The minimum atomic E-state index is -0.404. The van der Waals surface area contributed by atoms with Crippen LogP contribution in [0.4, 0.5) is 5.69 Å². The quantitative estimate of drug-likeness (QED) is 0.697. The highest BCUT2D eigenvalue weighted by atomic mass is 32.1. The maximum atomic E-state index is 13.0. The molecule has 3 heterocycles. The van der Waals surface area contributed by atoms with Gasteiger partial charge in [0.25, 0.3) is 11.8 Å². The van der Waals surface area contributed by atoms with Gasteiger partial charge in [0, 0.05) is 36.0 Å². The van der Waals surface area contributed by atoms with Crippen LogP contribution in [0, 0.1) is 13.8 Å². The average Bonchev–Trinajstić information content (AvgIpc) is 3.40. The fourth-order valence-electron chi connectivity index (χ4n) is 3.55. The number of nitrogens with one attached hydrogen (secondary N) is 1.